The van der Waals surface area contributed by atoms with Gasteiger partial charge in [0.05, 0.1) is 0 Å². The maximum absolute atomic E-state index is 11.5. The van der Waals surface area contributed by atoms with Gasteiger partial charge in [0.2, 0.25) is 5.91 Å². The van der Waals surface area contributed by atoms with Crippen molar-refractivity contribution in [3.05, 3.63) is 0 Å². The van der Waals surface area contributed by atoms with Crippen LogP contribution in [0, 0.1) is 0 Å². The average molecular weight is 453 g/mol. The first-order valence-corrected chi connectivity index (χ1v) is 9.12. The molecule has 1 unspecified atom stereocenters. The number of halogens is 1. The van der Waals surface area contributed by atoms with E-state index in [1.807, 2.05) is 0 Å². The molecule has 0 aliphatic carbocycles. The zero-order valence-electron chi connectivity index (χ0n) is 15.6. The Morgan fingerprint density at radius 1 is 1.17 bits per heavy atom. The number of nitrogens with one attached hydrogen (secondary N) is 3. The highest BCUT2D eigenvalue weighted by atomic mass is 127. The predicted molar refractivity (Wildman–Crippen MR) is 112 cm³/mol. The van der Waals surface area contributed by atoms with Crippen molar-refractivity contribution in [3.8, 4) is 0 Å². The van der Waals surface area contributed by atoms with E-state index in [-0.39, 0.29) is 29.9 Å². The van der Waals surface area contributed by atoms with Gasteiger partial charge in [-0.05, 0) is 39.2 Å². The normalized spacial score (nSPS) is 18.6. The van der Waals surface area contributed by atoms with Gasteiger partial charge in [-0.25, -0.2) is 0 Å². The number of rotatable bonds is 9. The first-order chi connectivity index (χ1) is 11.2. The molecule has 1 saturated heterocycles. The molecule has 0 saturated carbocycles. The van der Waals surface area contributed by atoms with Gasteiger partial charge in [0, 0.05) is 45.7 Å². The van der Waals surface area contributed by atoms with E-state index in [4.69, 9.17) is 0 Å². The molecule has 6 nitrogen and oxygen atoms in total. The van der Waals surface area contributed by atoms with Crippen LogP contribution in [0.25, 0.3) is 0 Å². The Kier molecular flexibility index (Phi) is 14.4. The number of carbonyl (C=O) groups is 1. The molecule has 0 aromatic carbocycles. The number of aliphatic imine (C=N–C) groups is 1. The third-order valence-electron chi connectivity index (χ3n) is 4.30. The van der Waals surface area contributed by atoms with Gasteiger partial charge < -0.3 is 20.9 Å². The lowest BCUT2D eigenvalue weighted by molar-refractivity contribution is -0.120. The Labute approximate surface area is 164 Å². The summed E-state index contributed by atoms with van der Waals surface area (Å²) in [5.41, 5.74) is 0. The maximum Gasteiger partial charge on any atom is 0.221 e. The van der Waals surface area contributed by atoms with Gasteiger partial charge >= 0.3 is 0 Å². The van der Waals surface area contributed by atoms with Gasteiger partial charge in [0.1, 0.15) is 0 Å². The largest absolute Gasteiger partial charge is 0.356 e. The second kappa shape index (κ2) is 14.7. The Morgan fingerprint density at radius 2 is 1.92 bits per heavy atom. The molecular formula is C17H36IN5O. The second-order valence-electron chi connectivity index (χ2n) is 6.26. The van der Waals surface area contributed by atoms with Crippen LogP contribution >= 0.6 is 24.0 Å². The molecule has 3 N–H and O–H groups in total. The number of guanidine groups is 1. The van der Waals surface area contributed by atoms with E-state index in [2.05, 4.69) is 39.7 Å². The minimum absolute atomic E-state index is 0. The first kappa shape index (κ1) is 23.4. The van der Waals surface area contributed by atoms with Crippen molar-refractivity contribution >= 4 is 35.8 Å². The van der Waals surface area contributed by atoms with Crippen LogP contribution in [0.1, 0.15) is 52.4 Å². The zero-order chi connectivity index (χ0) is 16.9. The topological polar surface area (TPSA) is 68.8 Å². The number of hydrogen-bond acceptors (Lipinski definition) is 3. The molecule has 0 aromatic rings. The lowest BCUT2D eigenvalue weighted by Crippen LogP contribution is -2.42. The third-order valence-corrected chi connectivity index (χ3v) is 4.30. The van der Waals surface area contributed by atoms with Gasteiger partial charge in [-0.3, -0.25) is 9.79 Å². The summed E-state index contributed by atoms with van der Waals surface area (Å²) in [6, 6.07) is 0.725. The van der Waals surface area contributed by atoms with Crippen LogP contribution in [0.5, 0.6) is 0 Å². The van der Waals surface area contributed by atoms with Crippen molar-refractivity contribution in [3.63, 3.8) is 0 Å². The lowest BCUT2D eigenvalue weighted by atomic mass is 10.0. The van der Waals surface area contributed by atoms with Crippen LogP contribution in [0.2, 0.25) is 0 Å². The smallest absolute Gasteiger partial charge is 0.221 e. The zero-order valence-corrected chi connectivity index (χ0v) is 17.9. The van der Waals surface area contributed by atoms with Gasteiger partial charge in [-0.2, -0.15) is 0 Å². The molecule has 0 radical (unpaired) electrons. The van der Waals surface area contributed by atoms with Crippen LogP contribution < -0.4 is 16.0 Å². The van der Waals surface area contributed by atoms with Crippen LogP contribution in [0.15, 0.2) is 4.99 Å². The summed E-state index contributed by atoms with van der Waals surface area (Å²) in [6.45, 7) is 9.03. The number of likely N-dealkylation sites (tertiary alicyclic amines) is 1. The third kappa shape index (κ3) is 10.3. The highest BCUT2D eigenvalue weighted by Crippen LogP contribution is 2.15. The predicted octanol–water partition coefficient (Wildman–Crippen LogP) is 1.95. The first-order valence-electron chi connectivity index (χ1n) is 9.12. The quantitative estimate of drug-likeness (QED) is 0.216. The van der Waals surface area contributed by atoms with Crippen molar-refractivity contribution in [1.82, 2.24) is 20.9 Å². The minimum Gasteiger partial charge on any atom is -0.356 e. The fourth-order valence-corrected chi connectivity index (χ4v) is 2.85. The second-order valence-corrected chi connectivity index (χ2v) is 6.26. The van der Waals surface area contributed by atoms with Crippen LogP contribution in [-0.2, 0) is 4.79 Å². The monoisotopic (exact) mass is 453 g/mol. The fraction of sp³-hybridized carbons (Fsp3) is 0.882. The van der Waals surface area contributed by atoms with Crippen molar-refractivity contribution in [1.29, 1.82) is 0 Å². The number of hydrogen-bond donors (Lipinski definition) is 3. The molecule has 1 atom stereocenters. The van der Waals surface area contributed by atoms with Crippen molar-refractivity contribution in [2.24, 2.45) is 4.99 Å². The molecule has 0 aromatic heterocycles. The summed E-state index contributed by atoms with van der Waals surface area (Å²) in [6.07, 6.45) is 6.60. The molecule has 1 rings (SSSR count). The summed E-state index contributed by atoms with van der Waals surface area (Å²) in [4.78, 5) is 18.3. The molecule has 1 heterocycles. The molecule has 142 valence electrons. The molecule has 24 heavy (non-hydrogen) atoms. The maximum atomic E-state index is 11.5. The molecule has 0 bridgehead atoms. The van der Waals surface area contributed by atoms with Gasteiger partial charge in [-0.15, -0.1) is 24.0 Å². The van der Waals surface area contributed by atoms with Gasteiger partial charge in [0.15, 0.2) is 5.96 Å². The van der Waals surface area contributed by atoms with E-state index in [9.17, 15) is 4.79 Å². The number of piperidine rings is 1. The molecule has 7 heteroatoms. The standard InChI is InChI=1S/C17H35N5O.HI/c1-4-10-19-16(23)9-12-21-17(18-3)20-11-7-14-22-13-6-5-8-15(22)2;/h15H,4-14H2,1-3H3,(H,19,23)(H2,18,20,21);1H. The molecule has 1 amide bonds. The van der Waals surface area contributed by atoms with Gasteiger partial charge in [-0.1, -0.05) is 13.3 Å². The summed E-state index contributed by atoms with van der Waals surface area (Å²) >= 11 is 0. The molecular weight excluding hydrogens is 417 g/mol. The molecule has 0 spiro atoms. The van der Waals surface area contributed by atoms with E-state index >= 15 is 0 Å². The van der Waals surface area contributed by atoms with Crippen LogP contribution in [0.3, 0.4) is 0 Å². The summed E-state index contributed by atoms with van der Waals surface area (Å²) in [5, 5.41) is 9.38. The highest BCUT2D eigenvalue weighted by molar-refractivity contribution is 14.0. The Balaban J connectivity index is 0.00000529. The number of amides is 1. The van der Waals surface area contributed by atoms with E-state index in [0.717, 1.165) is 44.5 Å². The SMILES string of the molecule is CCCNC(=O)CCNC(=NC)NCCCN1CCCCC1C.I. The molecule has 1 aliphatic heterocycles. The fourth-order valence-electron chi connectivity index (χ4n) is 2.85. The van der Waals surface area contributed by atoms with Crippen molar-refractivity contribution < 1.29 is 4.79 Å². The van der Waals surface area contributed by atoms with E-state index < -0.39 is 0 Å². The minimum atomic E-state index is 0. The Hall–Kier alpha value is -0.570. The Morgan fingerprint density at radius 3 is 2.58 bits per heavy atom. The van der Waals surface area contributed by atoms with E-state index in [1.54, 1.807) is 7.05 Å². The lowest BCUT2D eigenvalue weighted by Gasteiger charge is -2.33. The van der Waals surface area contributed by atoms with E-state index in [1.165, 1.54) is 25.8 Å². The number of carbonyl (C=O) groups excluding carboxylic acids is 1. The summed E-state index contributed by atoms with van der Waals surface area (Å²) < 4.78 is 0. The number of nitrogens with zero attached hydrogens (tertiary/aromatic N) is 2. The molecule has 1 aliphatic rings. The van der Waals surface area contributed by atoms with Crippen molar-refractivity contribution in [2.45, 2.75) is 58.4 Å². The van der Waals surface area contributed by atoms with E-state index in [0.29, 0.717) is 13.0 Å². The highest BCUT2D eigenvalue weighted by Gasteiger charge is 2.17. The summed E-state index contributed by atoms with van der Waals surface area (Å²) in [7, 11) is 1.76. The van der Waals surface area contributed by atoms with Gasteiger partial charge in [0.25, 0.3) is 0 Å². The summed E-state index contributed by atoms with van der Waals surface area (Å²) in [5.74, 6) is 0.869. The average Bonchev–Trinajstić information content (AvgIpc) is 2.56. The molecule has 1 fully saturated rings. The van der Waals surface area contributed by atoms with Crippen LogP contribution in [-0.4, -0.2) is 62.6 Å². The van der Waals surface area contributed by atoms with Crippen LogP contribution in [0.4, 0.5) is 0 Å². The Bertz CT molecular complexity index is 365. The van der Waals surface area contributed by atoms with Crippen molar-refractivity contribution in [2.75, 3.05) is 39.8 Å².